The largest absolute Gasteiger partial charge is 0.377 e. The van der Waals surface area contributed by atoms with Gasteiger partial charge >= 0.3 is 0 Å². The van der Waals surface area contributed by atoms with Gasteiger partial charge in [-0.25, -0.2) is 0 Å². The lowest BCUT2D eigenvalue weighted by molar-refractivity contribution is 0.0929. The number of hydrogen-bond donors (Lipinski definition) is 0. The predicted octanol–water partition coefficient (Wildman–Crippen LogP) is 3.69. The maximum atomic E-state index is 6.32. The average molecular weight is 274 g/mol. The van der Waals surface area contributed by atoms with Crippen molar-refractivity contribution in [1.29, 1.82) is 0 Å². The average Bonchev–Trinajstić information content (AvgIpc) is 2.38. The standard InChI is InChI=1S/C13H17Cl2NO/c1-2-11-9-17-7-6-16(11)13-10(8-14)4-3-5-12(13)15/h3-5,11H,2,6-9H2,1H3. The molecule has 1 aromatic rings. The highest BCUT2D eigenvalue weighted by molar-refractivity contribution is 6.33. The van der Waals surface area contributed by atoms with Crippen LogP contribution in [0.3, 0.4) is 0 Å². The van der Waals surface area contributed by atoms with Crippen LogP contribution in [0.25, 0.3) is 0 Å². The Labute approximate surface area is 112 Å². The fourth-order valence-corrected chi connectivity index (χ4v) is 2.80. The summed E-state index contributed by atoms with van der Waals surface area (Å²) >= 11 is 12.3. The lowest BCUT2D eigenvalue weighted by Gasteiger charge is -2.38. The van der Waals surface area contributed by atoms with Crippen LogP contribution < -0.4 is 4.90 Å². The van der Waals surface area contributed by atoms with Crippen LogP contribution in [0.5, 0.6) is 0 Å². The zero-order valence-corrected chi connectivity index (χ0v) is 11.5. The van der Waals surface area contributed by atoms with Gasteiger partial charge in [0.2, 0.25) is 0 Å². The van der Waals surface area contributed by atoms with Crippen molar-refractivity contribution < 1.29 is 4.74 Å². The minimum atomic E-state index is 0.394. The van der Waals surface area contributed by atoms with Crippen LogP contribution >= 0.6 is 23.2 Å². The third-order valence-corrected chi connectivity index (χ3v) is 3.79. The SMILES string of the molecule is CCC1COCCN1c1c(Cl)cccc1CCl. The molecule has 94 valence electrons. The Balaban J connectivity index is 2.36. The Morgan fingerprint density at radius 1 is 1.47 bits per heavy atom. The van der Waals surface area contributed by atoms with Crippen LogP contribution in [0.4, 0.5) is 5.69 Å². The van der Waals surface area contributed by atoms with Gasteiger partial charge in [0.05, 0.1) is 30.0 Å². The van der Waals surface area contributed by atoms with Crippen LogP contribution in [0.1, 0.15) is 18.9 Å². The second kappa shape index (κ2) is 5.94. The van der Waals surface area contributed by atoms with Gasteiger partial charge in [-0.15, -0.1) is 11.6 Å². The van der Waals surface area contributed by atoms with Crippen LogP contribution in [-0.2, 0) is 10.6 Å². The first-order valence-corrected chi connectivity index (χ1v) is 6.87. The first kappa shape index (κ1) is 13.0. The summed E-state index contributed by atoms with van der Waals surface area (Å²) in [4.78, 5) is 2.34. The third kappa shape index (κ3) is 2.70. The molecule has 0 N–H and O–H groups in total. The molecule has 1 fully saturated rings. The van der Waals surface area contributed by atoms with Gasteiger partial charge in [-0.2, -0.15) is 0 Å². The smallest absolute Gasteiger partial charge is 0.0670 e. The fraction of sp³-hybridized carbons (Fsp3) is 0.538. The molecule has 17 heavy (non-hydrogen) atoms. The van der Waals surface area contributed by atoms with Crippen LogP contribution in [0.15, 0.2) is 18.2 Å². The van der Waals surface area contributed by atoms with Gasteiger partial charge in [0, 0.05) is 12.4 Å². The van der Waals surface area contributed by atoms with Crippen molar-refractivity contribution in [1.82, 2.24) is 0 Å². The second-order valence-electron chi connectivity index (χ2n) is 4.21. The van der Waals surface area contributed by atoms with Gasteiger partial charge in [-0.1, -0.05) is 30.7 Å². The maximum Gasteiger partial charge on any atom is 0.0670 e. The van der Waals surface area contributed by atoms with Crippen LogP contribution in [0, 0.1) is 0 Å². The predicted molar refractivity (Wildman–Crippen MR) is 73.3 cm³/mol. The van der Waals surface area contributed by atoms with E-state index in [9.17, 15) is 0 Å². The molecule has 2 nitrogen and oxygen atoms in total. The fourth-order valence-electron chi connectivity index (χ4n) is 2.28. The van der Waals surface area contributed by atoms with E-state index >= 15 is 0 Å². The van der Waals surface area contributed by atoms with Gasteiger partial charge in [-0.05, 0) is 18.1 Å². The molecular formula is C13H17Cl2NO. The quantitative estimate of drug-likeness (QED) is 0.779. The molecule has 2 rings (SSSR count). The summed E-state index contributed by atoms with van der Waals surface area (Å²) in [5.41, 5.74) is 2.18. The summed E-state index contributed by atoms with van der Waals surface area (Å²) in [7, 11) is 0. The summed E-state index contributed by atoms with van der Waals surface area (Å²) in [5, 5.41) is 0.781. The van der Waals surface area contributed by atoms with Gasteiger partial charge in [0.1, 0.15) is 0 Å². The van der Waals surface area contributed by atoms with E-state index in [1.165, 1.54) is 0 Å². The number of rotatable bonds is 3. The number of para-hydroxylation sites is 1. The second-order valence-corrected chi connectivity index (χ2v) is 4.89. The van der Waals surface area contributed by atoms with E-state index in [2.05, 4.69) is 11.8 Å². The molecule has 1 atom stereocenters. The van der Waals surface area contributed by atoms with Crippen LogP contribution in [0.2, 0.25) is 5.02 Å². The van der Waals surface area contributed by atoms with Crippen molar-refractivity contribution in [3.63, 3.8) is 0 Å². The number of anilines is 1. The zero-order chi connectivity index (χ0) is 12.3. The number of benzene rings is 1. The van der Waals surface area contributed by atoms with Crippen molar-refractivity contribution in [2.75, 3.05) is 24.7 Å². The molecule has 0 aliphatic carbocycles. The Bertz CT molecular complexity index is 384. The molecule has 1 saturated heterocycles. The lowest BCUT2D eigenvalue weighted by Crippen LogP contribution is -2.45. The molecule has 0 amide bonds. The zero-order valence-electron chi connectivity index (χ0n) is 9.96. The van der Waals surface area contributed by atoms with Crippen molar-refractivity contribution >= 4 is 28.9 Å². The van der Waals surface area contributed by atoms with Gasteiger partial charge in [0.25, 0.3) is 0 Å². The topological polar surface area (TPSA) is 12.5 Å². The first-order valence-electron chi connectivity index (χ1n) is 5.95. The highest BCUT2D eigenvalue weighted by Crippen LogP contribution is 2.33. The van der Waals surface area contributed by atoms with Gasteiger partial charge in [-0.3, -0.25) is 0 Å². The highest BCUT2D eigenvalue weighted by Gasteiger charge is 2.25. The van der Waals surface area contributed by atoms with Crippen molar-refractivity contribution in [2.45, 2.75) is 25.3 Å². The summed E-state index contributed by atoms with van der Waals surface area (Å²) < 4.78 is 5.52. The number of nitrogens with zero attached hydrogens (tertiary/aromatic N) is 1. The molecule has 0 spiro atoms. The molecule has 1 unspecified atom stereocenters. The Hall–Kier alpha value is -0.440. The minimum Gasteiger partial charge on any atom is -0.377 e. The number of ether oxygens (including phenoxy) is 1. The Morgan fingerprint density at radius 3 is 3.00 bits per heavy atom. The minimum absolute atomic E-state index is 0.394. The summed E-state index contributed by atoms with van der Waals surface area (Å²) in [5.74, 6) is 0.490. The lowest BCUT2D eigenvalue weighted by atomic mass is 10.1. The Morgan fingerprint density at radius 2 is 2.29 bits per heavy atom. The summed E-state index contributed by atoms with van der Waals surface area (Å²) in [6.45, 7) is 4.57. The first-order chi connectivity index (χ1) is 8.27. The van der Waals surface area contributed by atoms with Crippen molar-refractivity contribution in [2.24, 2.45) is 0 Å². The molecule has 1 aliphatic rings. The summed E-state index contributed by atoms with van der Waals surface area (Å²) in [6.07, 6.45) is 1.05. The number of alkyl halides is 1. The molecule has 0 aromatic heterocycles. The molecule has 1 heterocycles. The number of morpholine rings is 1. The van der Waals surface area contributed by atoms with Crippen molar-refractivity contribution in [3.8, 4) is 0 Å². The molecule has 0 saturated carbocycles. The van der Waals surface area contributed by atoms with E-state index in [1.807, 2.05) is 18.2 Å². The van der Waals surface area contributed by atoms with Gasteiger partial charge in [0.15, 0.2) is 0 Å². The highest BCUT2D eigenvalue weighted by atomic mass is 35.5. The van der Waals surface area contributed by atoms with E-state index in [-0.39, 0.29) is 0 Å². The number of hydrogen-bond acceptors (Lipinski definition) is 2. The van der Waals surface area contributed by atoms with E-state index in [1.54, 1.807) is 0 Å². The molecule has 1 aromatic carbocycles. The molecular weight excluding hydrogens is 257 g/mol. The monoisotopic (exact) mass is 273 g/mol. The van der Waals surface area contributed by atoms with Crippen LogP contribution in [-0.4, -0.2) is 25.8 Å². The molecule has 0 radical (unpaired) electrons. The number of halogens is 2. The molecule has 0 bridgehead atoms. The van der Waals surface area contributed by atoms with Gasteiger partial charge < -0.3 is 9.64 Å². The van der Waals surface area contributed by atoms with E-state index in [0.717, 1.165) is 42.5 Å². The summed E-state index contributed by atoms with van der Waals surface area (Å²) in [6, 6.07) is 6.31. The maximum absolute atomic E-state index is 6.32. The normalized spacial score (nSPS) is 20.6. The molecule has 1 aliphatic heterocycles. The van der Waals surface area contributed by atoms with E-state index < -0.39 is 0 Å². The van der Waals surface area contributed by atoms with E-state index in [4.69, 9.17) is 27.9 Å². The molecule has 4 heteroatoms. The Kier molecular flexibility index (Phi) is 4.55. The third-order valence-electron chi connectivity index (χ3n) is 3.20. The van der Waals surface area contributed by atoms with E-state index in [0.29, 0.717) is 11.9 Å². The van der Waals surface area contributed by atoms with Crippen molar-refractivity contribution in [3.05, 3.63) is 28.8 Å².